The predicted molar refractivity (Wildman–Crippen MR) is 118 cm³/mol. The molecule has 30 heavy (non-hydrogen) atoms. The lowest BCUT2D eigenvalue weighted by Crippen LogP contribution is -2.36. The van der Waals surface area contributed by atoms with E-state index in [4.69, 9.17) is 10.8 Å². The lowest BCUT2D eigenvalue weighted by Gasteiger charge is -2.27. The summed E-state index contributed by atoms with van der Waals surface area (Å²) in [5.74, 6) is 0.475. The largest absolute Gasteiger partial charge is 0.396 e. The summed E-state index contributed by atoms with van der Waals surface area (Å²) in [6, 6.07) is 7.90. The highest BCUT2D eigenvalue weighted by Crippen LogP contribution is 2.33. The maximum atomic E-state index is 12.8. The van der Waals surface area contributed by atoms with Gasteiger partial charge in [-0.2, -0.15) is 0 Å². The van der Waals surface area contributed by atoms with Crippen LogP contribution in [0.1, 0.15) is 39.8 Å². The number of carbonyl (C=O) groups excluding carboxylic acids is 1. The second-order valence-electron chi connectivity index (χ2n) is 7.64. The van der Waals surface area contributed by atoms with E-state index in [2.05, 4.69) is 20.6 Å². The maximum Gasteiger partial charge on any atom is 0.319 e. The fraction of sp³-hybridized carbons (Fsp3) is 0.450. The van der Waals surface area contributed by atoms with Crippen LogP contribution in [-0.4, -0.2) is 47.9 Å². The molecule has 0 bridgehead atoms. The number of aliphatic hydroxyl groups excluding tert-OH is 1. The number of sulfone groups is 1. The highest BCUT2D eigenvalue weighted by Gasteiger charge is 2.40. The van der Waals surface area contributed by atoms with Crippen molar-refractivity contribution in [3.05, 3.63) is 36.0 Å². The topological polar surface area (TPSA) is 147 Å². The van der Waals surface area contributed by atoms with Gasteiger partial charge in [0.15, 0.2) is 15.7 Å². The number of aromatic nitrogens is 2. The van der Waals surface area contributed by atoms with Gasteiger partial charge in [-0.25, -0.2) is 23.2 Å². The van der Waals surface area contributed by atoms with Crippen LogP contribution < -0.4 is 16.4 Å². The highest BCUT2D eigenvalue weighted by atomic mass is 32.2. The van der Waals surface area contributed by atoms with Crippen molar-refractivity contribution >= 4 is 27.4 Å². The molecule has 10 heteroatoms. The molecule has 2 aromatic rings. The minimum absolute atomic E-state index is 0.00640. The predicted octanol–water partition coefficient (Wildman–Crippen LogP) is 2.29. The molecule has 0 radical (unpaired) electrons. The monoisotopic (exact) mass is 435 g/mol. The van der Waals surface area contributed by atoms with E-state index in [-0.39, 0.29) is 18.5 Å². The Hall–Kier alpha value is -2.72. The molecule has 0 atom stereocenters. The molecule has 0 aliphatic carbocycles. The van der Waals surface area contributed by atoms with Gasteiger partial charge in [0.25, 0.3) is 0 Å². The molecule has 0 unspecified atom stereocenters. The number of benzene rings is 1. The molecular formula is C20H29N5O4S. The molecule has 2 rings (SSSR count). The number of anilines is 2. The molecular weight excluding hydrogens is 406 g/mol. The quantitative estimate of drug-likeness (QED) is 0.465. The van der Waals surface area contributed by atoms with E-state index in [9.17, 15) is 13.2 Å². The average Bonchev–Trinajstić information content (AvgIpc) is 2.68. The molecule has 164 valence electrons. The van der Waals surface area contributed by atoms with Gasteiger partial charge in [-0.05, 0) is 58.4 Å². The van der Waals surface area contributed by atoms with Gasteiger partial charge in [0.05, 0.1) is 10.9 Å². The van der Waals surface area contributed by atoms with Crippen LogP contribution >= 0.6 is 0 Å². The van der Waals surface area contributed by atoms with E-state index < -0.39 is 19.8 Å². The van der Waals surface area contributed by atoms with Crippen LogP contribution in [0.2, 0.25) is 0 Å². The zero-order valence-electron chi connectivity index (χ0n) is 17.6. The number of rotatable bonds is 8. The number of amides is 2. The molecule has 0 saturated heterocycles. The molecule has 0 aliphatic rings. The van der Waals surface area contributed by atoms with Crippen molar-refractivity contribution in [2.45, 2.75) is 44.1 Å². The second kappa shape index (κ2) is 9.40. The minimum Gasteiger partial charge on any atom is -0.396 e. The fourth-order valence-electron chi connectivity index (χ4n) is 2.80. The smallest absolute Gasteiger partial charge is 0.319 e. The first-order valence-electron chi connectivity index (χ1n) is 9.63. The van der Waals surface area contributed by atoms with E-state index >= 15 is 0 Å². The Morgan fingerprint density at radius 1 is 1.20 bits per heavy atom. The third kappa shape index (κ3) is 5.25. The van der Waals surface area contributed by atoms with Crippen LogP contribution in [0.5, 0.6) is 0 Å². The normalized spacial score (nSPS) is 12.1. The Morgan fingerprint density at radius 3 is 2.40 bits per heavy atom. The van der Waals surface area contributed by atoms with Gasteiger partial charge < -0.3 is 21.5 Å². The lowest BCUT2D eigenvalue weighted by atomic mass is 10.1. The van der Waals surface area contributed by atoms with E-state index in [1.54, 1.807) is 52.0 Å². The molecule has 0 spiro atoms. The van der Waals surface area contributed by atoms with Gasteiger partial charge in [0.1, 0.15) is 10.6 Å². The number of hydrogen-bond acceptors (Lipinski definition) is 7. The molecule has 5 N–H and O–H groups in total. The van der Waals surface area contributed by atoms with Crippen LogP contribution in [0.25, 0.3) is 11.4 Å². The second-order valence-corrected chi connectivity index (χ2v) is 10.7. The zero-order chi connectivity index (χ0) is 22.5. The Labute approximate surface area is 177 Å². The summed E-state index contributed by atoms with van der Waals surface area (Å²) < 4.78 is 24.3. The summed E-state index contributed by atoms with van der Waals surface area (Å²) in [7, 11) is -3.49. The molecule has 2 amide bonds. The molecule has 0 fully saturated rings. The van der Waals surface area contributed by atoms with Crippen LogP contribution in [0, 0.1) is 0 Å². The Morgan fingerprint density at radius 2 is 1.83 bits per heavy atom. The van der Waals surface area contributed by atoms with Gasteiger partial charge in [-0.1, -0.05) is 0 Å². The standard InChI is InChI=1S/C20H29N5O4S/c1-13(2)30(28,29)20(3,4)16-12-17(21)25-18(24-16)14-6-8-15(9-7-14)23-19(27)22-10-5-11-26/h6-9,12-13,26H,5,10-11H2,1-4H3,(H2,21,24,25)(H2,22,23,27). The molecule has 0 saturated carbocycles. The first-order chi connectivity index (χ1) is 14.0. The molecule has 9 nitrogen and oxygen atoms in total. The fourth-order valence-corrected chi connectivity index (χ4v) is 4.37. The number of nitrogen functional groups attached to an aromatic ring is 1. The summed E-state index contributed by atoms with van der Waals surface area (Å²) in [6.45, 7) is 6.86. The summed E-state index contributed by atoms with van der Waals surface area (Å²) in [6.07, 6.45) is 0.477. The van der Waals surface area contributed by atoms with Crippen molar-refractivity contribution in [2.24, 2.45) is 0 Å². The van der Waals surface area contributed by atoms with Crippen molar-refractivity contribution in [3.63, 3.8) is 0 Å². The highest BCUT2D eigenvalue weighted by molar-refractivity contribution is 7.92. The van der Waals surface area contributed by atoms with Gasteiger partial charge >= 0.3 is 6.03 Å². The number of nitrogens with zero attached hydrogens (tertiary/aromatic N) is 2. The number of nitrogens with one attached hydrogen (secondary N) is 2. The summed E-state index contributed by atoms with van der Waals surface area (Å²) >= 11 is 0. The Balaban J connectivity index is 2.28. The number of carbonyl (C=O) groups is 1. The number of aliphatic hydroxyl groups is 1. The number of nitrogens with two attached hydrogens (primary N) is 1. The molecule has 1 aromatic heterocycles. The first kappa shape index (κ1) is 23.6. The molecule has 1 aromatic carbocycles. The maximum absolute atomic E-state index is 12.8. The average molecular weight is 436 g/mol. The van der Waals surface area contributed by atoms with Crippen LogP contribution in [0.3, 0.4) is 0 Å². The Kier molecular flexibility index (Phi) is 7.38. The van der Waals surface area contributed by atoms with Crippen LogP contribution in [-0.2, 0) is 14.6 Å². The van der Waals surface area contributed by atoms with Crippen LogP contribution in [0.15, 0.2) is 30.3 Å². The summed E-state index contributed by atoms with van der Waals surface area (Å²) in [4.78, 5) is 20.5. The van der Waals surface area contributed by atoms with E-state index in [1.165, 1.54) is 6.07 Å². The van der Waals surface area contributed by atoms with E-state index in [1.807, 2.05) is 0 Å². The minimum atomic E-state index is -3.49. The first-order valence-corrected chi connectivity index (χ1v) is 11.2. The van der Waals surface area contributed by atoms with Crippen molar-refractivity contribution < 1.29 is 18.3 Å². The molecule has 1 heterocycles. The molecule has 0 aliphatic heterocycles. The van der Waals surface area contributed by atoms with E-state index in [0.717, 1.165) is 0 Å². The van der Waals surface area contributed by atoms with Gasteiger partial charge in [0, 0.05) is 30.5 Å². The summed E-state index contributed by atoms with van der Waals surface area (Å²) in [5.41, 5.74) is 7.45. The third-order valence-corrected chi connectivity index (χ3v) is 7.59. The van der Waals surface area contributed by atoms with Crippen molar-refractivity contribution in [3.8, 4) is 11.4 Å². The van der Waals surface area contributed by atoms with Gasteiger partial charge in [-0.15, -0.1) is 0 Å². The van der Waals surface area contributed by atoms with Crippen LogP contribution in [0.4, 0.5) is 16.3 Å². The van der Waals surface area contributed by atoms with E-state index in [0.29, 0.717) is 35.7 Å². The third-order valence-electron chi connectivity index (χ3n) is 4.72. The summed E-state index contributed by atoms with van der Waals surface area (Å²) in [5, 5.41) is 13.5. The SMILES string of the molecule is CC(C)S(=O)(=O)C(C)(C)c1cc(N)nc(-c2ccc(NC(=O)NCCCO)cc2)n1. The van der Waals surface area contributed by atoms with Gasteiger partial charge in [-0.3, -0.25) is 0 Å². The van der Waals surface area contributed by atoms with Crippen molar-refractivity contribution in [1.29, 1.82) is 0 Å². The van der Waals surface area contributed by atoms with Gasteiger partial charge in [0.2, 0.25) is 0 Å². The van der Waals surface area contributed by atoms with Crippen molar-refractivity contribution in [1.82, 2.24) is 15.3 Å². The van der Waals surface area contributed by atoms with Crippen molar-refractivity contribution in [2.75, 3.05) is 24.2 Å². The lowest BCUT2D eigenvalue weighted by molar-refractivity contribution is 0.249. The zero-order valence-corrected chi connectivity index (χ0v) is 18.5. The Bertz CT molecular complexity index is 989. The number of hydrogen-bond donors (Lipinski definition) is 4. The number of urea groups is 1.